The Kier molecular flexibility index (Phi) is 7.42. The maximum atomic E-state index is 15.0. The smallest absolute Gasteiger partial charge is 0.414 e. The van der Waals surface area contributed by atoms with Gasteiger partial charge in [-0.15, -0.1) is 5.10 Å². The third-order valence-corrected chi connectivity index (χ3v) is 5.66. The Bertz CT molecular complexity index is 1130. The molecule has 194 valence electrons. The maximum absolute atomic E-state index is 15.0. The highest BCUT2D eigenvalue weighted by Crippen LogP contribution is 2.29. The van der Waals surface area contributed by atoms with E-state index in [1.165, 1.54) is 22.0 Å². The molecule has 36 heavy (non-hydrogen) atoms. The number of rotatable bonds is 7. The van der Waals surface area contributed by atoms with Crippen LogP contribution in [0, 0.1) is 5.82 Å². The number of aromatic amines is 1. The molecule has 2 aliphatic heterocycles. The first-order valence-corrected chi connectivity index (χ1v) is 11.0. The second-order valence-electron chi connectivity index (χ2n) is 8.08. The van der Waals surface area contributed by atoms with Crippen LogP contribution in [0.4, 0.5) is 46.0 Å². The van der Waals surface area contributed by atoms with Crippen molar-refractivity contribution in [2.24, 2.45) is 0 Å². The van der Waals surface area contributed by atoms with Crippen LogP contribution in [0.3, 0.4) is 0 Å². The molecule has 0 aliphatic carbocycles. The molecular weight excluding hydrogens is 487 g/mol. The fraction of sp³-hybridized carbons (Fsp3) is 0.450. The minimum Gasteiger partial charge on any atom is -0.444 e. The predicted octanol–water partition coefficient (Wildman–Crippen LogP) is 1.32. The number of amides is 3. The highest BCUT2D eigenvalue weighted by Gasteiger charge is 2.33. The van der Waals surface area contributed by atoms with E-state index in [2.05, 4.69) is 25.9 Å². The fourth-order valence-corrected chi connectivity index (χ4v) is 3.85. The van der Waals surface area contributed by atoms with Gasteiger partial charge in [0.2, 0.25) is 5.95 Å². The molecule has 0 bridgehead atoms. The van der Waals surface area contributed by atoms with Crippen molar-refractivity contribution in [3.63, 3.8) is 0 Å². The number of hydrogen-bond donors (Lipinski definition) is 4. The number of benzene rings is 1. The minimum atomic E-state index is -3.07. The second-order valence-corrected chi connectivity index (χ2v) is 8.08. The lowest BCUT2D eigenvalue weighted by atomic mass is 10.1. The highest BCUT2D eigenvalue weighted by atomic mass is 19.3. The number of hydrogen-bond acceptors (Lipinski definition) is 9. The molecule has 1 aromatic carbocycles. The number of nitrogens with one attached hydrogen (secondary N) is 3. The summed E-state index contributed by atoms with van der Waals surface area (Å²) in [5.74, 6) is -1.74. The number of Topliss-reactive ketones (excluding diaryl/α,β-unsaturated/α-hetero) is 1. The van der Waals surface area contributed by atoms with Gasteiger partial charge in [-0.25, -0.2) is 33.3 Å². The summed E-state index contributed by atoms with van der Waals surface area (Å²) in [4.78, 5) is 42.5. The lowest BCUT2D eigenvalue weighted by molar-refractivity contribution is -0.129. The molecule has 3 amide bonds. The van der Waals surface area contributed by atoms with E-state index in [0.717, 1.165) is 0 Å². The van der Waals surface area contributed by atoms with Crippen LogP contribution in [0.5, 0.6) is 0 Å². The number of cyclic esters (lactones) is 1. The van der Waals surface area contributed by atoms with Crippen molar-refractivity contribution in [1.29, 1.82) is 0 Å². The van der Waals surface area contributed by atoms with E-state index in [4.69, 9.17) is 10.5 Å². The van der Waals surface area contributed by atoms with Gasteiger partial charge in [-0.3, -0.25) is 20.0 Å². The highest BCUT2D eigenvalue weighted by molar-refractivity contribution is 5.90. The van der Waals surface area contributed by atoms with Crippen molar-refractivity contribution in [3.05, 3.63) is 24.0 Å². The topological polar surface area (TPSA) is 162 Å². The molecule has 1 atom stereocenters. The Labute approximate surface area is 202 Å². The van der Waals surface area contributed by atoms with Gasteiger partial charge < -0.3 is 15.4 Å². The first-order valence-electron chi connectivity index (χ1n) is 11.0. The van der Waals surface area contributed by atoms with Crippen molar-refractivity contribution < 1.29 is 32.3 Å². The van der Waals surface area contributed by atoms with Crippen molar-refractivity contribution >= 4 is 41.2 Å². The van der Waals surface area contributed by atoms with Crippen molar-refractivity contribution in [2.45, 2.75) is 25.4 Å². The summed E-state index contributed by atoms with van der Waals surface area (Å²) in [5, 5.41) is 9.95. The number of nitrogens with two attached hydrogens (primary N) is 1. The van der Waals surface area contributed by atoms with Crippen LogP contribution in [0.15, 0.2) is 18.2 Å². The van der Waals surface area contributed by atoms with Crippen LogP contribution in [-0.2, 0) is 9.53 Å². The molecule has 4 rings (SSSR count). The number of H-pyrrole nitrogens is 1. The van der Waals surface area contributed by atoms with Crippen LogP contribution in [0.2, 0.25) is 0 Å². The molecule has 16 heteroatoms. The van der Waals surface area contributed by atoms with E-state index in [1.54, 1.807) is 11.0 Å². The summed E-state index contributed by atoms with van der Waals surface area (Å²) < 4.78 is 44.9. The van der Waals surface area contributed by atoms with Crippen LogP contribution in [0.25, 0.3) is 0 Å². The van der Waals surface area contributed by atoms with E-state index < -0.39 is 42.7 Å². The number of carbonyl (C=O) groups excluding carboxylic acids is 3. The van der Waals surface area contributed by atoms with Crippen LogP contribution in [-0.4, -0.2) is 83.4 Å². The first kappa shape index (κ1) is 25.0. The normalized spacial score (nSPS) is 18.4. The Morgan fingerprint density at radius 1 is 1.28 bits per heavy atom. The Morgan fingerprint density at radius 2 is 2.08 bits per heavy atom. The number of aromatic nitrogens is 3. The summed E-state index contributed by atoms with van der Waals surface area (Å²) >= 11 is 0. The van der Waals surface area contributed by atoms with Gasteiger partial charge in [0.05, 0.1) is 24.5 Å². The third-order valence-electron chi connectivity index (χ3n) is 5.66. The van der Waals surface area contributed by atoms with E-state index >= 15 is 4.39 Å². The molecule has 1 aromatic heterocycles. The molecule has 0 spiro atoms. The van der Waals surface area contributed by atoms with Gasteiger partial charge in [0.1, 0.15) is 11.9 Å². The minimum absolute atomic E-state index is 0.0162. The average Bonchev–Trinajstić information content (AvgIpc) is 3.32. The van der Waals surface area contributed by atoms with Gasteiger partial charge in [-0.05, 0) is 24.6 Å². The number of carbonyl (C=O) groups is 3. The summed E-state index contributed by atoms with van der Waals surface area (Å²) in [7, 11) is 0. The predicted molar refractivity (Wildman–Crippen MR) is 121 cm³/mol. The maximum Gasteiger partial charge on any atom is 0.414 e. The zero-order valence-corrected chi connectivity index (χ0v) is 18.9. The number of ketones is 1. The van der Waals surface area contributed by atoms with Gasteiger partial charge in [-0.2, -0.15) is 4.98 Å². The van der Waals surface area contributed by atoms with Crippen molar-refractivity contribution in [2.75, 3.05) is 53.6 Å². The first-order chi connectivity index (χ1) is 17.2. The summed E-state index contributed by atoms with van der Waals surface area (Å²) in [6, 6.07) is 3.73. The quantitative estimate of drug-likeness (QED) is 0.430. The number of nitrogens with zero attached hydrogens (tertiary/aromatic N) is 5. The van der Waals surface area contributed by atoms with Gasteiger partial charge in [-0.1, -0.05) is 0 Å². The van der Waals surface area contributed by atoms with Gasteiger partial charge in [0, 0.05) is 26.1 Å². The number of hydrazine groups is 1. The summed E-state index contributed by atoms with van der Waals surface area (Å²) in [6.45, 7) is 1.26. The van der Waals surface area contributed by atoms with E-state index in [0.29, 0.717) is 19.6 Å². The Balaban J connectivity index is 1.35. The molecule has 5 N–H and O–H groups in total. The van der Waals surface area contributed by atoms with Crippen molar-refractivity contribution in [1.82, 2.24) is 25.6 Å². The SMILES string of the molecule is Nc1nc(NC(=O)N2CCN(c3ccc(N4C[C@H](CCC(=O)C(F)F)OC4=O)cc3F)CCN2)n[nH]1. The molecule has 13 nitrogen and oxygen atoms in total. The average molecular weight is 511 g/mol. The molecule has 2 saturated heterocycles. The Morgan fingerprint density at radius 3 is 2.78 bits per heavy atom. The van der Waals surface area contributed by atoms with E-state index in [9.17, 15) is 23.2 Å². The van der Waals surface area contributed by atoms with Gasteiger partial charge in [0.25, 0.3) is 12.4 Å². The van der Waals surface area contributed by atoms with Crippen LogP contribution in [0.1, 0.15) is 12.8 Å². The number of ether oxygens (including phenoxy) is 1. The summed E-state index contributed by atoms with van der Waals surface area (Å²) in [5.41, 5.74) is 8.89. The zero-order chi connectivity index (χ0) is 25.8. The van der Waals surface area contributed by atoms with E-state index in [-0.39, 0.29) is 42.8 Å². The number of alkyl halides is 2. The number of halogens is 3. The number of urea groups is 1. The lowest BCUT2D eigenvalue weighted by Gasteiger charge is -2.24. The van der Waals surface area contributed by atoms with Crippen molar-refractivity contribution in [3.8, 4) is 0 Å². The Hall–Kier alpha value is -4.08. The van der Waals surface area contributed by atoms with E-state index in [1.807, 2.05) is 0 Å². The zero-order valence-electron chi connectivity index (χ0n) is 18.9. The fourth-order valence-electron chi connectivity index (χ4n) is 3.85. The molecule has 2 fully saturated rings. The number of nitrogen functional groups attached to an aromatic ring is 1. The molecule has 3 heterocycles. The second kappa shape index (κ2) is 10.7. The molecular formula is C20H24F3N9O4. The number of anilines is 4. The standard InChI is InChI=1S/C20H24F3N9O4/c21-13-9-11(31-10-12(36-20(31)35)2-4-15(33)16(22)23)1-3-14(13)30-6-5-25-32(8-7-30)19(34)27-18-26-17(24)28-29-18/h1,3,9,12,16,25H,2,4-8,10H2,(H4,24,26,27,28,29,34)/t12-/m0/s1. The monoisotopic (exact) mass is 511 g/mol. The molecule has 0 saturated carbocycles. The largest absolute Gasteiger partial charge is 0.444 e. The molecule has 2 aromatic rings. The van der Waals surface area contributed by atoms with Gasteiger partial charge in [0.15, 0.2) is 5.78 Å². The van der Waals surface area contributed by atoms with Crippen LogP contribution >= 0.6 is 0 Å². The molecule has 0 radical (unpaired) electrons. The molecule has 2 aliphatic rings. The third kappa shape index (κ3) is 5.76. The summed E-state index contributed by atoms with van der Waals surface area (Å²) in [6.07, 6.45) is -5.01. The van der Waals surface area contributed by atoms with Crippen LogP contribution < -0.4 is 26.3 Å². The van der Waals surface area contributed by atoms with Gasteiger partial charge >= 0.3 is 12.1 Å². The lowest BCUT2D eigenvalue weighted by Crippen LogP contribution is -2.46. The molecule has 0 unspecified atom stereocenters.